The van der Waals surface area contributed by atoms with Gasteiger partial charge in [0.25, 0.3) is 0 Å². The fourth-order valence-corrected chi connectivity index (χ4v) is 5.51. The van der Waals surface area contributed by atoms with Crippen LogP contribution >= 0.6 is 11.6 Å². The lowest BCUT2D eigenvalue weighted by molar-refractivity contribution is -0.279. The molecule has 2 N–H and O–H groups in total. The quantitative estimate of drug-likeness (QED) is 0.472. The molecule has 0 aliphatic heterocycles. The summed E-state index contributed by atoms with van der Waals surface area (Å²) in [6, 6.07) is 2.11. The molecule has 7 atom stereocenters. The zero-order valence-corrected chi connectivity index (χ0v) is 17.1. The van der Waals surface area contributed by atoms with Crippen molar-refractivity contribution in [3.63, 3.8) is 0 Å². The zero-order chi connectivity index (χ0) is 21.3. The fraction of sp³-hybridized carbons (Fsp3) is 0.950. The molecule has 0 amide bonds. The molecule has 162 valence electrons. The molecule has 2 saturated carbocycles. The van der Waals surface area contributed by atoms with Crippen molar-refractivity contribution < 1.29 is 27.8 Å². The van der Waals surface area contributed by atoms with Gasteiger partial charge in [-0.2, -0.15) is 18.4 Å². The summed E-state index contributed by atoms with van der Waals surface area (Å²) in [4.78, 5) is 0. The predicted molar refractivity (Wildman–Crippen MR) is 98.3 cm³/mol. The van der Waals surface area contributed by atoms with E-state index in [4.69, 9.17) is 16.9 Å². The largest absolute Gasteiger partial charge is 0.417 e. The first-order valence-electron chi connectivity index (χ1n) is 9.94. The number of halogens is 5. The van der Waals surface area contributed by atoms with Crippen molar-refractivity contribution in [1.82, 2.24) is 0 Å². The Morgan fingerprint density at radius 1 is 1.11 bits per heavy atom. The predicted octanol–water partition coefficient (Wildman–Crippen LogP) is 5.13. The molecule has 0 saturated heterocycles. The summed E-state index contributed by atoms with van der Waals surface area (Å²) in [6.45, 7) is 3.11. The van der Waals surface area contributed by atoms with Gasteiger partial charge in [0.2, 0.25) is 0 Å². The summed E-state index contributed by atoms with van der Waals surface area (Å²) in [5.74, 6) is -1.49. The first-order chi connectivity index (χ1) is 12.8. The van der Waals surface area contributed by atoms with Crippen molar-refractivity contribution >= 4 is 11.6 Å². The van der Waals surface area contributed by atoms with Gasteiger partial charge in [-0.05, 0) is 68.6 Å². The molecule has 0 spiro atoms. The van der Waals surface area contributed by atoms with E-state index in [9.17, 15) is 27.8 Å². The number of aliphatic hydroxyl groups excluding tert-OH is 1. The van der Waals surface area contributed by atoms with Crippen LogP contribution in [0.2, 0.25) is 0 Å². The molecule has 0 aromatic rings. The number of alkyl halides is 5. The fourth-order valence-electron chi connectivity index (χ4n) is 5.08. The minimum atomic E-state index is -4.87. The van der Waals surface area contributed by atoms with Crippen LogP contribution in [-0.4, -0.2) is 39.6 Å². The van der Waals surface area contributed by atoms with Crippen LogP contribution in [0, 0.1) is 34.5 Å². The lowest BCUT2D eigenvalue weighted by Crippen LogP contribution is -2.53. The van der Waals surface area contributed by atoms with Gasteiger partial charge in [-0.3, -0.25) is 0 Å². The summed E-state index contributed by atoms with van der Waals surface area (Å²) in [6.07, 6.45) is -6.55. The van der Waals surface area contributed by atoms with E-state index >= 15 is 0 Å². The highest BCUT2D eigenvalue weighted by Crippen LogP contribution is 2.51. The van der Waals surface area contributed by atoms with Crippen LogP contribution in [0.1, 0.15) is 65.2 Å². The highest BCUT2D eigenvalue weighted by molar-refractivity contribution is 6.20. The Balaban J connectivity index is 2.19. The third kappa shape index (κ3) is 5.31. The third-order valence-corrected chi connectivity index (χ3v) is 7.25. The van der Waals surface area contributed by atoms with Gasteiger partial charge >= 0.3 is 6.18 Å². The molecule has 0 heterocycles. The van der Waals surface area contributed by atoms with E-state index in [0.29, 0.717) is 19.3 Å². The maximum atomic E-state index is 13.9. The Bertz CT molecular complexity index is 580. The molecule has 28 heavy (non-hydrogen) atoms. The Kier molecular flexibility index (Phi) is 7.32. The van der Waals surface area contributed by atoms with E-state index in [1.165, 1.54) is 0 Å². The van der Waals surface area contributed by atoms with Crippen LogP contribution in [-0.2, 0) is 0 Å². The lowest BCUT2D eigenvalue weighted by atomic mass is 9.63. The minimum Gasteiger partial charge on any atom is -0.393 e. The molecular weight excluding hydrogens is 398 g/mol. The molecule has 0 aromatic heterocycles. The van der Waals surface area contributed by atoms with Gasteiger partial charge in [0.1, 0.15) is 6.17 Å². The van der Waals surface area contributed by atoms with Crippen LogP contribution in [0.4, 0.5) is 17.6 Å². The molecule has 7 unspecified atom stereocenters. The normalized spacial score (nSPS) is 37.1. The molecule has 2 aliphatic rings. The second-order valence-electron chi connectivity index (χ2n) is 9.40. The second kappa shape index (κ2) is 8.65. The van der Waals surface area contributed by atoms with Gasteiger partial charge in [0.05, 0.1) is 12.2 Å². The van der Waals surface area contributed by atoms with Crippen LogP contribution in [0.25, 0.3) is 0 Å². The van der Waals surface area contributed by atoms with Crippen molar-refractivity contribution in [3.05, 3.63) is 0 Å². The third-order valence-electron chi connectivity index (χ3n) is 6.72. The molecule has 3 nitrogen and oxygen atoms in total. The van der Waals surface area contributed by atoms with E-state index in [1.807, 2.05) is 0 Å². The van der Waals surface area contributed by atoms with Gasteiger partial charge in [-0.15, -0.1) is 11.6 Å². The maximum absolute atomic E-state index is 13.9. The van der Waals surface area contributed by atoms with Crippen LogP contribution < -0.4 is 0 Å². The highest BCUT2D eigenvalue weighted by Gasteiger charge is 2.58. The average molecular weight is 428 g/mol. The van der Waals surface area contributed by atoms with Crippen LogP contribution in [0.15, 0.2) is 0 Å². The lowest BCUT2D eigenvalue weighted by Gasteiger charge is -2.47. The molecule has 2 rings (SSSR count). The van der Waals surface area contributed by atoms with Crippen molar-refractivity contribution in [2.45, 2.75) is 94.6 Å². The Morgan fingerprint density at radius 3 is 2.29 bits per heavy atom. The number of rotatable bonds is 5. The van der Waals surface area contributed by atoms with Gasteiger partial charge in [-0.25, -0.2) is 4.39 Å². The molecule has 2 aliphatic carbocycles. The number of hydrogen-bond acceptors (Lipinski definition) is 3. The van der Waals surface area contributed by atoms with E-state index in [-0.39, 0.29) is 25.2 Å². The summed E-state index contributed by atoms with van der Waals surface area (Å²) >= 11 is 6.26. The summed E-state index contributed by atoms with van der Waals surface area (Å²) in [5.41, 5.74) is -4.09. The number of nitriles is 1. The van der Waals surface area contributed by atoms with Crippen molar-refractivity contribution in [2.24, 2.45) is 23.2 Å². The molecule has 0 aromatic carbocycles. The number of hydrogen-bond donors (Lipinski definition) is 2. The summed E-state index contributed by atoms with van der Waals surface area (Å²) in [7, 11) is 0. The Morgan fingerprint density at radius 2 is 1.75 bits per heavy atom. The first-order valence-corrected chi connectivity index (χ1v) is 10.4. The molecule has 2 fully saturated rings. The smallest absolute Gasteiger partial charge is 0.393 e. The van der Waals surface area contributed by atoms with E-state index < -0.39 is 59.5 Å². The maximum Gasteiger partial charge on any atom is 0.417 e. The number of nitrogens with zero attached hydrogens (tertiary/aromatic N) is 1. The topological polar surface area (TPSA) is 64.2 Å². The summed E-state index contributed by atoms with van der Waals surface area (Å²) in [5, 5.41) is 29.4. The van der Waals surface area contributed by atoms with Gasteiger partial charge in [-0.1, -0.05) is 13.8 Å². The van der Waals surface area contributed by atoms with E-state index in [0.717, 1.165) is 0 Å². The molecular formula is C20H30ClF4NO2. The van der Waals surface area contributed by atoms with E-state index in [2.05, 4.69) is 6.07 Å². The first kappa shape index (κ1) is 23.7. The second-order valence-corrected chi connectivity index (χ2v) is 9.96. The molecule has 0 radical (unpaired) electrons. The van der Waals surface area contributed by atoms with Crippen LogP contribution in [0.3, 0.4) is 0 Å². The Labute approximate surface area is 169 Å². The van der Waals surface area contributed by atoms with Crippen molar-refractivity contribution in [3.8, 4) is 6.07 Å². The van der Waals surface area contributed by atoms with Crippen molar-refractivity contribution in [1.29, 1.82) is 5.26 Å². The monoisotopic (exact) mass is 427 g/mol. The Hall–Kier alpha value is -0.580. The van der Waals surface area contributed by atoms with Crippen molar-refractivity contribution in [2.75, 3.05) is 0 Å². The zero-order valence-electron chi connectivity index (χ0n) is 16.4. The van der Waals surface area contributed by atoms with Gasteiger partial charge < -0.3 is 10.2 Å². The minimum absolute atomic E-state index is 0.00644. The van der Waals surface area contributed by atoms with Gasteiger partial charge in [0, 0.05) is 11.3 Å². The average Bonchev–Trinajstić information content (AvgIpc) is 2.57. The molecule has 0 bridgehead atoms. The van der Waals surface area contributed by atoms with Crippen LogP contribution in [0.5, 0.6) is 0 Å². The molecule has 8 heteroatoms. The standard InChI is InChI=1S/C20H30ClF4NO2/c1-18(2,15-8-14(22)5-6-17(15)27)11-19(28,20(23,24)25)9-13-4-3-12(10-26)7-16(13)21/h12-17,27-28H,3-9,11H2,1-2H3. The summed E-state index contributed by atoms with van der Waals surface area (Å²) < 4.78 is 55.6. The van der Waals surface area contributed by atoms with Gasteiger partial charge in [0.15, 0.2) is 5.60 Å². The highest BCUT2D eigenvalue weighted by atomic mass is 35.5. The SMILES string of the molecule is CC(C)(CC(O)(CC1CCC(C#N)CC1Cl)C(F)(F)F)C1CC(F)CCC1O. The van der Waals surface area contributed by atoms with E-state index in [1.54, 1.807) is 13.8 Å². The number of aliphatic hydroxyl groups is 2.